The highest BCUT2D eigenvalue weighted by Gasteiger charge is 2.11. The number of carbonyl (C=O) groups excluding carboxylic acids is 2. The van der Waals surface area contributed by atoms with E-state index in [1.165, 1.54) is 0 Å². The van der Waals surface area contributed by atoms with E-state index in [4.69, 9.17) is 27.9 Å². The van der Waals surface area contributed by atoms with E-state index in [1.54, 1.807) is 24.3 Å². The first-order valence-corrected chi connectivity index (χ1v) is 10.6. The molecule has 29 heavy (non-hydrogen) atoms. The van der Waals surface area contributed by atoms with Gasteiger partial charge in [-0.3, -0.25) is 15.0 Å². The molecular formula is C19H17Br2Cl2N3O3. The van der Waals surface area contributed by atoms with Crippen LogP contribution in [0.2, 0.25) is 10.0 Å². The van der Waals surface area contributed by atoms with Crippen LogP contribution in [-0.4, -0.2) is 18.4 Å². The Kier molecular flexibility index (Phi) is 8.82. The molecule has 3 N–H and O–H groups in total. The number of carbonyl (C=O) groups is 2. The highest BCUT2D eigenvalue weighted by atomic mass is 79.9. The number of hydrogen-bond donors (Lipinski definition) is 3. The average molecular weight is 566 g/mol. The monoisotopic (exact) mass is 563 g/mol. The van der Waals surface area contributed by atoms with Crippen molar-refractivity contribution in [3.63, 3.8) is 0 Å². The maximum Gasteiger partial charge on any atom is 0.276 e. The summed E-state index contributed by atoms with van der Waals surface area (Å²) in [7, 11) is 0. The van der Waals surface area contributed by atoms with Gasteiger partial charge in [0.05, 0.1) is 26.6 Å². The summed E-state index contributed by atoms with van der Waals surface area (Å²) in [5.41, 5.74) is 6.66. The molecule has 2 rings (SSSR count). The third kappa shape index (κ3) is 7.22. The van der Waals surface area contributed by atoms with Gasteiger partial charge in [0.2, 0.25) is 5.91 Å². The fourth-order valence-corrected chi connectivity index (χ4v) is 3.57. The average Bonchev–Trinajstić information content (AvgIpc) is 2.65. The van der Waals surface area contributed by atoms with Crippen LogP contribution in [0, 0.1) is 6.92 Å². The third-order valence-electron chi connectivity index (χ3n) is 3.55. The van der Waals surface area contributed by atoms with Crippen molar-refractivity contribution >= 4 is 72.6 Å². The Morgan fingerprint density at radius 3 is 2.55 bits per heavy atom. The van der Waals surface area contributed by atoms with Gasteiger partial charge in [0.15, 0.2) is 6.61 Å². The predicted molar refractivity (Wildman–Crippen MR) is 122 cm³/mol. The fraction of sp³-hybridized carbons (Fsp3) is 0.158. The number of ether oxygens (including phenoxy) is 1. The van der Waals surface area contributed by atoms with Crippen LogP contribution in [0.25, 0.3) is 0 Å². The van der Waals surface area contributed by atoms with E-state index in [0.29, 0.717) is 16.5 Å². The quantitative estimate of drug-likeness (QED) is 0.376. The fourth-order valence-electron chi connectivity index (χ4n) is 2.11. The molecule has 0 fully saturated rings. The number of aryl methyl sites for hydroxylation is 1. The van der Waals surface area contributed by atoms with Crippen LogP contribution in [-0.2, 0) is 9.59 Å². The number of anilines is 1. The van der Waals surface area contributed by atoms with Gasteiger partial charge in [0.25, 0.3) is 5.91 Å². The molecule has 0 spiro atoms. The lowest BCUT2D eigenvalue weighted by Crippen LogP contribution is -2.40. The van der Waals surface area contributed by atoms with E-state index in [9.17, 15) is 9.59 Å². The van der Waals surface area contributed by atoms with Gasteiger partial charge in [-0.2, -0.15) is 0 Å². The number of benzene rings is 2. The Bertz CT molecular complexity index is 955. The molecule has 0 aromatic heterocycles. The Morgan fingerprint density at radius 2 is 1.83 bits per heavy atom. The topological polar surface area (TPSA) is 79.5 Å². The number of halogens is 4. The lowest BCUT2D eigenvalue weighted by molar-refractivity contribution is -0.124. The van der Waals surface area contributed by atoms with Crippen LogP contribution in [0.3, 0.4) is 0 Å². The van der Waals surface area contributed by atoms with Gasteiger partial charge < -0.3 is 15.5 Å². The Morgan fingerprint density at radius 1 is 1.10 bits per heavy atom. The van der Waals surface area contributed by atoms with Crippen molar-refractivity contribution in [2.45, 2.75) is 13.3 Å². The normalized spacial score (nSPS) is 10.2. The Labute approximate surface area is 195 Å². The molecular weight excluding hydrogens is 549 g/mol. The molecule has 0 saturated heterocycles. The molecule has 0 heterocycles. The van der Waals surface area contributed by atoms with Crippen molar-refractivity contribution in [3.05, 3.63) is 67.2 Å². The second kappa shape index (κ2) is 10.9. The van der Waals surface area contributed by atoms with Gasteiger partial charge in [0.1, 0.15) is 5.75 Å². The highest BCUT2D eigenvalue weighted by Crippen LogP contribution is 2.31. The summed E-state index contributed by atoms with van der Waals surface area (Å²) in [6.45, 7) is 5.40. The minimum atomic E-state index is -0.433. The molecule has 10 heteroatoms. The number of rotatable bonds is 8. The number of hydrogen-bond acceptors (Lipinski definition) is 4. The van der Waals surface area contributed by atoms with E-state index in [0.717, 1.165) is 14.5 Å². The minimum absolute atomic E-state index is 0.0819. The zero-order valence-corrected chi connectivity index (χ0v) is 19.9. The summed E-state index contributed by atoms with van der Waals surface area (Å²) < 4.78 is 7.14. The number of hydrazine groups is 1. The molecule has 2 amide bonds. The molecule has 0 radical (unpaired) electrons. The SMILES string of the molecule is C=C(CC(=O)Nc1cccc(Cl)c1Cl)NNC(=O)COc1cc(C)c(Br)cc1Br. The summed E-state index contributed by atoms with van der Waals surface area (Å²) in [6.07, 6.45) is -0.0819. The van der Waals surface area contributed by atoms with Crippen molar-refractivity contribution in [2.24, 2.45) is 0 Å². The third-order valence-corrected chi connectivity index (χ3v) is 5.84. The van der Waals surface area contributed by atoms with E-state index < -0.39 is 5.91 Å². The van der Waals surface area contributed by atoms with E-state index in [1.807, 2.05) is 13.0 Å². The van der Waals surface area contributed by atoms with Gasteiger partial charge >= 0.3 is 0 Å². The first-order valence-electron chi connectivity index (χ1n) is 8.22. The summed E-state index contributed by atoms with van der Waals surface area (Å²) in [5.74, 6) is -0.263. The second-order valence-corrected chi connectivity index (χ2v) is 8.42. The summed E-state index contributed by atoms with van der Waals surface area (Å²) >= 11 is 18.7. The largest absolute Gasteiger partial charge is 0.483 e. The van der Waals surface area contributed by atoms with E-state index in [-0.39, 0.29) is 29.7 Å². The number of amides is 2. The van der Waals surface area contributed by atoms with Crippen LogP contribution in [0.4, 0.5) is 5.69 Å². The van der Waals surface area contributed by atoms with Gasteiger partial charge in [-0.1, -0.05) is 51.8 Å². The minimum Gasteiger partial charge on any atom is -0.483 e. The smallest absolute Gasteiger partial charge is 0.276 e. The first-order chi connectivity index (χ1) is 13.7. The van der Waals surface area contributed by atoms with Gasteiger partial charge in [-0.25, -0.2) is 0 Å². The Hall–Kier alpha value is -1.74. The standard InChI is InChI=1S/C19H17Br2Cl2N3O3/c1-10-6-16(13(21)8-12(10)20)29-9-18(28)26-25-11(2)7-17(27)24-15-5-3-4-14(22)19(15)23/h3-6,8,25H,2,7,9H2,1H3,(H,24,27)(H,26,28). The van der Waals surface area contributed by atoms with Crippen molar-refractivity contribution in [3.8, 4) is 5.75 Å². The summed E-state index contributed by atoms with van der Waals surface area (Å²) in [4.78, 5) is 24.0. The number of nitrogens with one attached hydrogen (secondary N) is 3. The van der Waals surface area contributed by atoms with E-state index >= 15 is 0 Å². The highest BCUT2D eigenvalue weighted by molar-refractivity contribution is 9.11. The van der Waals surface area contributed by atoms with Gasteiger partial charge in [-0.05, 0) is 52.7 Å². The molecule has 6 nitrogen and oxygen atoms in total. The summed E-state index contributed by atoms with van der Waals surface area (Å²) in [6, 6.07) is 8.56. The molecule has 0 bridgehead atoms. The maximum atomic E-state index is 12.1. The van der Waals surface area contributed by atoms with Gasteiger partial charge in [0, 0.05) is 10.2 Å². The predicted octanol–water partition coefficient (Wildman–Crippen LogP) is 5.37. The van der Waals surface area contributed by atoms with Crippen LogP contribution >= 0.6 is 55.1 Å². The van der Waals surface area contributed by atoms with Crippen molar-refractivity contribution in [1.29, 1.82) is 0 Å². The van der Waals surface area contributed by atoms with Crippen molar-refractivity contribution in [2.75, 3.05) is 11.9 Å². The maximum absolute atomic E-state index is 12.1. The van der Waals surface area contributed by atoms with E-state index in [2.05, 4.69) is 54.6 Å². The molecule has 2 aromatic rings. The van der Waals surface area contributed by atoms with Crippen LogP contribution in [0.15, 0.2) is 51.6 Å². The van der Waals surface area contributed by atoms with Crippen LogP contribution < -0.4 is 20.9 Å². The van der Waals surface area contributed by atoms with Crippen LogP contribution in [0.1, 0.15) is 12.0 Å². The molecule has 0 unspecified atom stereocenters. The van der Waals surface area contributed by atoms with Crippen molar-refractivity contribution < 1.29 is 14.3 Å². The second-order valence-electron chi connectivity index (χ2n) is 5.92. The first kappa shape index (κ1) is 23.5. The van der Waals surface area contributed by atoms with Crippen molar-refractivity contribution in [1.82, 2.24) is 10.9 Å². The van der Waals surface area contributed by atoms with Gasteiger partial charge in [-0.15, -0.1) is 0 Å². The molecule has 0 aliphatic heterocycles. The zero-order valence-electron chi connectivity index (χ0n) is 15.2. The molecule has 0 atom stereocenters. The van der Waals surface area contributed by atoms with Crippen LogP contribution in [0.5, 0.6) is 5.75 Å². The zero-order chi connectivity index (χ0) is 21.6. The Balaban J connectivity index is 1.77. The molecule has 0 aliphatic rings. The molecule has 0 aliphatic carbocycles. The molecule has 2 aromatic carbocycles. The lowest BCUT2D eigenvalue weighted by Gasteiger charge is -2.13. The summed E-state index contributed by atoms with van der Waals surface area (Å²) in [5, 5.41) is 3.22. The molecule has 154 valence electrons. The molecule has 0 saturated carbocycles. The lowest BCUT2D eigenvalue weighted by atomic mass is 10.2.